The lowest BCUT2D eigenvalue weighted by Gasteiger charge is -2.04. The average Bonchev–Trinajstić information content (AvgIpc) is 2.57. The fourth-order valence-corrected chi connectivity index (χ4v) is 1.99. The van der Waals surface area contributed by atoms with E-state index in [9.17, 15) is 9.90 Å². The highest BCUT2D eigenvalue weighted by Gasteiger charge is 2.18. The molecule has 0 aliphatic heterocycles. The third-order valence-corrected chi connectivity index (χ3v) is 2.66. The van der Waals surface area contributed by atoms with E-state index in [1.807, 2.05) is 0 Å². The van der Waals surface area contributed by atoms with E-state index in [2.05, 4.69) is 4.98 Å². The molecular formula is C11H11ClN2O3. The highest BCUT2D eigenvalue weighted by Crippen LogP contribution is 2.20. The van der Waals surface area contributed by atoms with Crippen LogP contribution in [0.4, 0.5) is 0 Å². The third kappa shape index (κ3) is 2.11. The van der Waals surface area contributed by atoms with Crippen molar-refractivity contribution in [2.24, 2.45) is 0 Å². The van der Waals surface area contributed by atoms with Gasteiger partial charge in [-0.25, -0.2) is 9.78 Å². The Labute approximate surface area is 102 Å². The molecule has 2 aromatic rings. The fraction of sp³-hybridized carbons (Fsp3) is 0.273. The molecule has 0 aliphatic carbocycles. The number of rotatable bonds is 3. The van der Waals surface area contributed by atoms with Crippen molar-refractivity contribution in [2.75, 3.05) is 0 Å². The monoisotopic (exact) mass is 254 g/mol. The minimum atomic E-state index is -1.11. The average molecular weight is 255 g/mol. The van der Waals surface area contributed by atoms with Crippen LogP contribution < -0.4 is 0 Å². The zero-order chi connectivity index (χ0) is 12.6. The molecule has 0 saturated heterocycles. The topological polar surface area (TPSA) is 74.8 Å². The summed E-state index contributed by atoms with van der Waals surface area (Å²) < 4.78 is 1.54. The van der Waals surface area contributed by atoms with Crippen LogP contribution in [0.1, 0.15) is 23.2 Å². The van der Waals surface area contributed by atoms with E-state index in [4.69, 9.17) is 16.7 Å². The van der Waals surface area contributed by atoms with Crippen LogP contribution in [-0.2, 0) is 6.42 Å². The molecule has 0 aromatic carbocycles. The van der Waals surface area contributed by atoms with Gasteiger partial charge in [-0.1, -0.05) is 17.7 Å². The van der Waals surface area contributed by atoms with Crippen LogP contribution >= 0.6 is 11.6 Å². The Balaban J connectivity index is 2.71. The van der Waals surface area contributed by atoms with Crippen molar-refractivity contribution in [3.8, 4) is 0 Å². The summed E-state index contributed by atoms with van der Waals surface area (Å²) in [6.07, 6.45) is -0.364. The summed E-state index contributed by atoms with van der Waals surface area (Å²) in [5, 5.41) is 18.8. The molecule has 0 fully saturated rings. The minimum Gasteiger partial charge on any atom is -0.476 e. The first-order chi connectivity index (χ1) is 8.00. The van der Waals surface area contributed by atoms with Gasteiger partial charge in [-0.3, -0.25) is 4.40 Å². The van der Waals surface area contributed by atoms with Crippen molar-refractivity contribution >= 4 is 23.1 Å². The highest BCUT2D eigenvalue weighted by molar-refractivity contribution is 6.29. The number of carboxylic acids is 1. The lowest BCUT2D eigenvalue weighted by molar-refractivity contribution is 0.0693. The molecule has 0 radical (unpaired) electrons. The number of carboxylic acid groups (broad SMARTS) is 1. The first-order valence-electron chi connectivity index (χ1n) is 5.08. The fourth-order valence-electron chi connectivity index (χ4n) is 1.72. The summed E-state index contributed by atoms with van der Waals surface area (Å²) >= 11 is 6.01. The van der Waals surface area contributed by atoms with Gasteiger partial charge in [0, 0.05) is 6.42 Å². The molecule has 17 heavy (non-hydrogen) atoms. The first kappa shape index (κ1) is 11.9. The molecule has 0 bridgehead atoms. The quantitative estimate of drug-likeness (QED) is 0.816. The van der Waals surface area contributed by atoms with Crippen LogP contribution in [0.5, 0.6) is 0 Å². The van der Waals surface area contributed by atoms with E-state index in [1.165, 1.54) is 4.40 Å². The van der Waals surface area contributed by atoms with E-state index in [-0.39, 0.29) is 12.1 Å². The second kappa shape index (κ2) is 4.35. The van der Waals surface area contributed by atoms with Crippen molar-refractivity contribution in [3.63, 3.8) is 0 Å². The number of hydrogen-bond acceptors (Lipinski definition) is 3. The lowest BCUT2D eigenvalue weighted by Crippen LogP contribution is -2.08. The molecule has 0 aliphatic rings. The van der Waals surface area contributed by atoms with Gasteiger partial charge in [0.1, 0.15) is 11.0 Å². The second-order valence-corrected chi connectivity index (χ2v) is 4.19. The van der Waals surface area contributed by atoms with E-state index < -0.39 is 12.1 Å². The number of hydrogen-bond donors (Lipinski definition) is 2. The number of aliphatic hydroxyl groups is 1. The number of nitrogens with zero attached hydrogens (tertiary/aromatic N) is 2. The first-order valence-corrected chi connectivity index (χ1v) is 5.45. The Morgan fingerprint density at radius 3 is 2.88 bits per heavy atom. The number of aromatic carboxylic acids is 1. The lowest BCUT2D eigenvalue weighted by atomic mass is 10.3. The van der Waals surface area contributed by atoms with Gasteiger partial charge in [0.2, 0.25) is 0 Å². The van der Waals surface area contributed by atoms with Gasteiger partial charge in [-0.2, -0.15) is 0 Å². The maximum Gasteiger partial charge on any atom is 0.356 e. The van der Waals surface area contributed by atoms with Crippen molar-refractivity contribution in [1.29, 1.82) is 0 Å². The Morgan fingerprint density at radius 1 is 1.59 bits per heavy atom. The number of aliphatic hydroxyl groups excluding tert-OH is 1. The number of fused-ring (bicyclic) bond motifs is 1. The number of halogens is 1. The van der Waals surface area contributed by atoms with Gasteiger partial charge >= 0.3 is 5.97 Å². The highest BCUT2D eigenvalue weighted by atomic mass is 35.5. The molecule has 90 valence electrons. The van der Waals surface area contributed by atoms with Crippen molar-refractivity contribution in [3.05, 3.63) is 34.9 Å². The van der Waals surface area contributed by atoms with Crippen LogP contribution in [0.3, 0.4) is 0 Å². The number of carbonyl (C=O) groups is 1. The summed E-state index contributed by atoms with van der Waals surface area (Å²) in [5.74, 6) is -0.667. The van der Waals surface area contributed by atoms with Crippen LogP contribution in [0.2, 0.25) is 5.15 Å². The Kier molecular flexibility index (Phi) is 3.04. The third-order valence-electron chi connectivity index (χ3n) is 2.36. The number of pyridine rings is 1. The van der Waals surface area contributed by atoms with Gasteiger partial charge in [0.05, 0.1) is 11.6 Å². The number of imidazole rings is 1. The Bertz CT molecular complexity index is 577. The molecule has 2 aromatic heterocycles. The Morgan fingerprint density at radius 2 is 2.29 bits per heavy atom. The maximum absolute atomic E-state index is 11.0. The van der Waals surface area contributed by atoms with Crippen LogP contribution in [-0.4, -0.2) is 31.7 Å². The molecule has 0 amide bonds. The molecule has 5 nitrogen and oxygen atoms in total. The van der Waals surface area contributed by atoms with Crippen LogP contribution in [0, 0.1) is 0 Å². The molecule has 2 rings (SSSR count). The maximum atomic E-state index is 11.0. The van der Waals surface area contributed by atoms with Crippen molar-refractivity contribution < 1.29 is 15.0 Å². The van der Waals surface area contributed by atoms with Crippen molar-refractivity contribution in [2.45, 2.75) is 19.4 Å². The second-order valence-electron chi connectivity index (χ2n) is 3.80. The van der Waals surface area contributed by atoms with E-state index in [1.54, 1.807) is 25.1 Å². The van der Waals surface area contributed by atoms with Gasteiger partial charge in [0.25, 0.3) is 0 Å². The van der Waals surface area contributed by atoms with Crippen LogP contribution in [0.25, 0.3) is 5.52 Å². The SMILES string of the molecule is CC(O)Cc1nc(C(=O)O)c2cccc(Cl)n12. The van der Waals surface area contributed by atoms with Gasteiger partial charge in [-0.05, 0) is 19.1 Å². The zero-order valence-corrected chi connectivity index (χ0v) is 9.85. The van der Waals surface area contributed by atoms with Gasteiger partial charge in [0.15, 0.2) is 5.69 Å². The summed E-state index contributed by atoms with van der Waals surface area (Å²) in [7, 11) is 0. The molecule has 6 heteroatoms. The summed E-state index contributed by atoms with van der Waals surface area (Å²) in [6.45, 7) is 1.61. The van der Waals surface area contributed by atoms with E-state index in [0.29, 0.717) is 16.5 Å². The molecule has 1 unspecified atom stereocenters. The molecular weight excluding hydrogens is 244 g/mol. The molecule has 2 N–H and O–H groups in total. The normalized spacial score (nSPS) is 12.9. The molecule has 1 atom stereocenters. The van der Waals surface area contributed by atoms with Crippen LogP contribution in [0.15, 0.2) is 18.2 Å². The predicted octanol–water partition coefficient (Wildman–Crippen LogP) is 1.61. The standard InChI is InChI=1S/C11H11ClN2O3/c1-6(15)5-9-13-10(11(16)17)7-3-2-4-8(12)14(7)9/h2-4,6,15H,5H2,1H3,(H,16,17). The van der Waals surface area contributed by atoms with E-state index in [0.717, 1.165) is 0 Å². The zero-order valence-electron chi connectivity index (χ0n) is 9.09. The van der Waals surface area contributed by atoms with Gasteiger partial charge < -0.3 is 10.2 Å². The molecule has 0 saturated carbocycles. The summed E-state index contributed by atoms with van der Waals surface area (Å²) in [5.41, 5.74) is 0.379. The largest absolute Gasteiger partial charge is 0.476 e. The van der Waals surface area contributed by atoms with Gasteiger partial charge in [-0.15, -0.1) is 0 Å². The smallest absolute Gasteiger partial charge is 0.356 e. The Hall–Kier alpha value is -1.59. The molecule has 0 spiro atoms. The van der Waals surface area contributed by atoms with Crippen molar-refractivity contribution in [1.82, 2.24) is 9.38 Å². The number of aromatic nitrogens is 2. The molecule has 2 heterocycles. The summed E-state index contributed by atoms with van der Waals surface area (Å²) in [4.78, 5) is 15.1. The summed E-state index contributed by atoms with van der Waals surface area (Å²) in [6, 6.07) is 4.94. The minimum absolute atomic E-state index is 0.0526. The predicted molar refractivity (Wildman–Crippen MR) is 62.5 cm³/mol. The van der Waals surface area contributed by atoms with E-state index >= 15 is 0 Å².